The van der Waals surface area contributed by atoms with Crippen LogP contribution in [0.3, 0.4) is 0 Å². The highest BCUT2D eigenvalue weighted by atomic mass is 19.1. The summed E-state index contributed by atoms with van der Waals surface area (Å²) in [6, 6.07) is 4.40. The van der Waals surface area contributed by atoms with Gasteiger partial charge in [-0.15, -0.1) is 0 Å². The number of halogens is 1. The number of benzene rings is 1. The molecule has 0 saturated heterocycles. The molecule has 16 heavy (non-hydrogen) atoms. The van der Waals surface area contributed by atoms with Gasteiger partial charge in [0.2, 0.25) is 0 Å². The average molecular weight is 224 g/mol. The summed E-state index contributed by atoms with van der Waals surface area (Å²) in [4.78, 5) is 10.9. The quantitative estimate of drug-likeness (QED) is 0.854. The highest BCUT2D eigenvalue weighted by Crippen LogP contribution is 2.35. The Balaban J connectivity index is 2.12. The minimum absolute atomic E-state index is 0.0712. The van der Waals surface area contributed by atoms with Crippen molar-refractivity contribution in [2.24, 2.45) is 5.92 Å². The molecule has 2 rings (SSSR count). The van der Waals surface area contributed by atoms with E-state index in [1.807, 2.05) is 0 Å². The number of carbonyl (C=O) groups is 1. The molecule has 0 aromatic heterocycles. The molecule has 1 unspecified atom stereocenters. The number of rotatable bonds is 4. The van der Waals surface area contributed by atoms with Crippen LogP contribution in [0.1, 0.15) is 18.4 Å². The van der Waals surface area contributed by atoms with E-state index >= 15 is 0 Å². The predicted octanol–water partition coefficient (Wildman–Crippen LogP) is 2.38. The Hall–Kier alpha value is -1.58. The molecular formula is C12H13FO3. The molecule has 1 N–H and O–H groups in total. The van der Waals surface area contributed by atoms with Crippen LogP contribution in [0.4, 0.5) is 4.39 Å². The lowest BCUT2D eigenvalue weighted by atomic mass is 10.2. The molecule has 4 heteroatoms. The number of aryl methyl sites for hydroxylation is 1. The van der Waals surface area contributed by atoms with Crippen molar-refractivity contribution < 1.29 is 19.0 Å². The van der Waals surface area contributed by atoms with Gasteiger partial charge in [0.25, 0.3) is 0 Å². The molecule has 1 saturated carbocycles. The first-order chi connectivity index (χ1) is 7.58. The zero-order valence-electron chi connectivity index (χ0n) is 8.94. The Morgan fingerprint density at radius 1 is 1.56 bits per heavy atom. The Labute approximate surface area is 92.9 Å². The lowest BCUT2D eigenvalue weighted by Gasteiger charge is -2.14. The van der Waals surface area contributed by atoms with E-state index in [0.29, 0.717) is 5.56 Å². The fourth-order valence-corrected chi connectivity index (χ4v) is 1.54. The van der Waals surface area contributed by atoms with Crippen molar-refractivity contribution in [3.8, 4) is 5.75 Å². The Morgan fingerprint density at radius 2 is 2.25 bits per heavy atom. The Kier molecular flexibility index (Phi) is 2.81. The van der Waals surface area contributed by atoms with Gasteiger partial charge in [-0.3, -0.25) is 0 Å². The van der Waals surface area contributed by atoms with Crippen LogP contribution in [0.25, 0.3) is 0 Å². The molecule has 0 spiro atoms. The minimum atomic E-state index is -0.983. The van der Waals surface area contributed by atoms with Crippen molar-refractivity contribution >= 4 is 5.97 Å². The van der Waals surface area contributed by atoms with Gasteiger partial charge in [0.15, 0.2) is 6.10 Å². The van der Waals surface area contributed by atoms with Crippen molar-refractivity contribution in [1.82, 2.24) is 0 Å². The molecule has 1 aromatic carbocycles. The third-order valence-electron chi connectivity index (χ3n) is 2.70. The predicted molar refractivity (Wildman–Crippen MR) is 55.9 cm³/mol. The molecule has 0 radical (unpaired) electrons. The average Bonchev–Trinajstić information content (AvgIpc) is 3.03. The van der Waals surface area contributed by atoms with Gasteiger partial charge in [-0.25, -0.2) is 9.18 Å². The van der Waals surface area contributed by atoms with Crippen molar-refractivity contribution in [3.63, 3.8) is 0 Å². The number of carboxylic acid groups (broad SMARTS) is 1. The van der Waals surface area contributed by atoms with Gasteiger partial charge in [-0.05, 0) is 31.4 Å². The lowest BCUT2D eigenvalue weighted by Crippen LogP contribution is -2.29. The number of hydrogen-bond donors (Lipinski definition) is 1. The van der Waals surface area contributed by atoms with E-state index in [9.17, 15) is 9.18 Å². The summed E-state index contributed by atoms with van der Waals surface area (Å²) in [6.45, 7) is 1.65. The fourth-order valence-electron chi connectivity index (χ4n) is 1.54. The van der Waals surface area contributed by atoms with Gasteiger partial charge in [-0.1, -0.05) is 6.07 Å². The van der Waals surface area contributed by atoms with Crippen molar-refractivity contribution in [1.29, 1.82) is 0 Å². The van der Waals surface area contributed by atoms with Gasteiger partial charge < -0.3 is 9.84 Å². The van der Waals surface area contributed by atoms with E-state index < -0.39 is 12.1 Å². The largest absolute Gasteiger partial charge is 0.478 e. The van der Waals surface area contributed by atoms with Crippen LogP contribution in [0.2, 0.25) is 0 Å². The van der Waals surface area contributed by atoms with E-state index in [-0.39, 0.29) is 17.5 Å². The van der Waals surface area contributed by atoms with Gasteiger partial charge >= 0.3 is 5.97 Å². The van der Waals surface area contributed by atoms with E-state index in [1.165, 1.54) is 6.07 Å². The standard InChI is InChI=1S/C12H13FO3/c1-7-2-5-9(6-10(7)13)16-11(12(14)15)8-3-4-8/h2,5-6,8,11H,3-4H2,1H3,(H,14,15). The monoisotopic (exact) mass is 224 g/mol. The van der Waals surface area contributed by atoms with Crippen LogP contribution in [0.15, 0.2) is 18.2 Å². The number of ether oxygens (including phenoxy) is 1. The first-order valence-electron chi connectivity index (χ1n) is 5.23. The molecule has 3 nitrogen and oxygen atoms in total. The lowest BCUT2D eigenvalue weighted by molar-refractivity contribution is -0.146. The molecule has 1 atom stereocenters. The van der Waals surface area contributed by atoms with Crippen LogP contribution in [0, 0.1) is 18.7 Å². The molecule has 0 heterocycles. The van der Waals surface area contributed by atoms with Gasteiger partial charge in [0, 0.05) is 12.0 Å². The van der Waals surface area contributed by atoms with Gasteiger partial charge in [-0.2, -0.15) is 0 Å². The summed E-state index contributed by atoms with van der Waals surface area (Å²) in [6.07, 6.45) is 0.887. The summed E-state index contributed by atoms with van der Waals surface area (Å²) in [7, 11) is 0. The third kappa shape index (κ3) is 2.32. The van der Waals surface area contributed by atoms with Gasteiger partial charge in [0.1, 0.15) is 11.6 Å². The summed E-state index contributed by atoms with van der Waals surface area (Å²) < 4.78 is 18.5. The molecule has 1 aromatic rings. The number of hydrogen-bond acceptors (Lipinski definition) is 2. The molecular weight excluding hydrogens is 211 g/mol. The maximum atomic E-state index is 13.2. The SMILES string of the molecule is Cc1ccc(OC(C(=O)O)C2CC2)cc1F. The third-order valence-corrected chi connectivity index (χ3v) is 2.70. The molecule has 0 amide bonds. The molecule has 86 valence electrons. The van der Waals surface area contributed by atoms with Crippen molar-refractivity contribution in [2.45, 2.75) is 25.9 Å². The number of carboxylic acids is 1. The van der Waals surface area contributed by atoms with E-state index in [2.05, 4.69) is 0 Å². The summed E-state index contributed by atoms with van der Waals surface area (Å²) in [5.74, 6) is -1.01. The van der Waals surface area contributed by atoms with E-state index in [1.54, 1.807) is 19.1 Å². The second-order valence-electron chi connectivity index (χ2n) is 4.13. The summed E-state index contributed by atoms with van der Waals surface area (Å²) >= 11 is 0. The van der Waals surface area contributed by atoms with Crippen LogP contribution in [0.5, 0.6) is 5.75 Å². The molecule has 0 bridgehead atoms. The number of aliphatic carboxylic acids is 1. The smallest absolute Gasteiger partial charge is 0.345 e. The Morgan fingerprint density at radius 3 is 2.75 bits per heavy atom. The van der Waals surface area contributed by atoms with Crippen LogP contribution in [-0.2, 0) is 4.79 Å². The normalized spacial score (nSPS) is 16.9. The second kappa shape index (κ2) is 4.12. The van der Waals surface area contributed by atoms with Crippen LogP contribution < -0.4 is 4.74 Å². The molecule has 1 aliphatic carbocycles. The minimum Gasteiger partial charge on any atom is -0.478 e. The molecule has 0 aliphatic heterocycles. The van der Waals surface area contributed by atoms with E-state index in [4.69, 9.17) is 9.84 Å². The molecule has 1 fully saturated rings. The zero-order chi connectivity index (χ0) is 11.7. The highest BCUT2D eigenvalue weighted by Gasteiger charge is 2.38. The Bertz CT molecular complexity index is 413. The topological polar surface area (TPSA) is 46.5 Å². The first kappa shape index (κ1) is 10.9. The summed E-state index contributed by atoms with van der Waals surface area (Å²) in [5, 5.41) is 8.95. The summed E-state index contributed by atoms with van der Waals surface area (Å²) in [5.41, 5.74) is 0.519. The van der Waals surface area contributed by atoms with Gasteiger partial charge in [0.05, 0.1) is 0 Å². The maximum absolute atomic E-state index is 13.2. The van der Waals surface area contributed by atoms with E-state index in [0.717, 1.165) is 12.8 Å². The second-order valence-corrected chi connectivity index (χ2v) is 4.13. The molecule has 1 aliphatic rings. The first-order valence-corrected chi connectivity index (χ1v) is 5.23. The van der Waals surface area contributed by atoms with Crippen molar-refractivity contribution in [2.75, 3.05) is 0 Å². The highest BCUT2D eigenvalue weighted by molar-refractivity contribution is 5.73. The van der Waals surface area contributed by atoms with Crippen molar-refractivity contribution in [3.05, 3.63) is 29.6 Å². The zero-order valence-corrected chi connectivity index (χ0v) is 8.94. The van der Waals surface area contributed by atoms with Crippen LogP contribution in [-0.4, -0.2) is 17.2 Å². The van der Waals surface area contributed by atoms with Crippen LogP contribution >= 0.6 is 0 Å². The maximum Gasteiger partial charge on any atom is 0.345 e. The fraction of sp³-hybridized carbons (Fsp3) is 0.417.